The lowest BCUT2D eigenvalue weighted by atomic mass is 10.2. The number of anilines is 1. The van der Waals surface area contributed by atoms with Gasteiger partial charge in [0.1, 0.15) is 24.1 Å². The van der Waals surface area contributed by atoms with E-state index >= 15 is 0 Å². The first kappa shape index (κ1) is 20.0. The van der Waals surface area contributed by atoms with E-state index in [1.165, 1.54) is 10.9 Å². The molecule has 1 amide bonds. The van der Waals surface area contributed by atoms with Gasteiger partial charge < -0.3 is 23.9 Å². The number of aromatic nitrogens is 5. The number of hydrogen-bond acceptors (Lipinski definition) is 8. The maximum Gasteiger partial charge on any atom is 0.278 e. The molecule has 0 atom stereocenters. The average Bonchev–Trinajstić information content (AvgIpc) is 3.54. The number of nitrogens with zero attached hydrogens (tertiary/aromatic N) is 5. The SMILES string of the molecule is Cc1noc(Cn2cnc3c4ccccc4n(CC(=O)Nc4ccc5c(c4)OCO5)c3c2=O)n1. The van der Waals surface area contributed by atoms with Gasteiger partial charge in [-0.25, -0.2) is 4.98 Å². The quantitative estimate of drug-likeness (QED) is 0.426. The van der Waals surface area contributed by atoms with Crippen molar-refractivity contribution in [2.45, 2.75) is 20.0 Å². The Hall–Kier alpha value is -4.67. The largest absolute Gasteiger partial charge is 0.454 e. The number of hydrogen-bond donors (Lipinski definition) is 1. The van der Waals surface area contributed by atoms with Crippen LogP contribution in [0, 0.1) is 6.92 Å². The lowest BCUT2D eigenvalue weighted by molar-refractivity contribution is -0.116. The molecular formula is C23H18N6O5. The molecule has 0 bridgehead atoms. The van der Waals surface area contributed by atoms with Gasteiger partial charge in [0, 0.05) is 17.1 Å². The Labute approximate surface area is 191 Å². The van der Waals surface area contributed by atoms with E-state index in [1.54, 1.807) is 29.7 Å². The first-order valence-corrected chi connectivity index (χ1v) is 10.5. The van der Waals surface area contributed by atoms with Crippen LogP contribution in [0.15, 0.2) is 58.1 Å². The Balaban J connectivity index is 1.39. The highest BCUT2D eigenvalue weighted by Gasteiger charge is 2.20. The highest BCUT2D eigenvalue weighted by Crippen LogP contribution is 2.34. The van der Waals surface area contributed by atoms with E-state index in [1.807, 2.05) is 24.3 Å². The molecule has 1 aliphatic heterocycles. The summed E-state index contributed by atoms with van der Waals surface area (Å²) < 4.78 is 18.9. The van der Waals surface area contributed by atoms with Crippen molar-refractivity contribution in [2.24, 2.45) is 0 Å². The van der Waals surface area contributed by atoms with Gasteiger partial charge in [0.05, 0.1) is 11.8 Å². The normalized spacial score (nSPS) is 12.5. The standard InChI is InChI=1S/C23H18N6O5/c1-13-25-20(34-27-13)10-28-11-24-21-15-4-2-3-5-16(15)29(22(21)23(28)31)9-19(30)26-14-6-7-17-18(8-14)33-12-32-17/h2-8,11H,9-10,12H2,1H3,(H,26,30). The molecular weight excluding hydrogens is 440 g/mol. The third-order valence-corrected chi connectivity index (χ3v) is 5.57. The van der Waals surface area contributed by atoms with E-state index in [-0.39, 0.29) is 31.3 Å². The van der Waals surface area contributed by atoms with Gasteiger partial charge in [-0.1, -0.05) is 23.4 Å². The van der Waals surface area contributed by atoms with Crippen molar-refractivity contribution in [3.8, 4) is 11.5 Å². The monoisotopic (exact) mass is 458 g/mol. The van der Waals surface area contributed by atoms with Gasteiger partial charge in [-0.2, -0.15) is 4.98 Å². The minimum Gasteiger partial charge on any atom is -0.454 e. The molecule has 2 aromatic carbocycles. The van der Waals surface area contributed by atoms with Crippen LogP contribution in [-0.4, -0.2) is 37.0 Å². The van der Waals surface area contributed by atoms with Gasteiger partial charge in [0.25, 0.3) is 5.56 Å². The van der Waals surface area contributed by atoms with Crippen LogP contribution in [0.3, 0.4) is 0 Å². The molecule has 5 aromatic rings. The van der Waals surface area contributed by atoms with Crippen LogP contribution < -0.4 is 20.3 Å². The fraction of sp³-hybridized carbons (Fsp3) is 0.174. The summed E-state index contributed by atoms with van der Waals surface area (Å²) in [7, 11) is 0. The minimum absolute atomic E-state index is 0.0769. The molecule has 34 heavy (non-hydrogen) atoms. The molecule has 170 valence electrons. The number of fused-ring (bicyclic) bond motifs is 4. The molecule has 11 nitrogen and oxygen atoms in total. The number of carbonyl (C=O) groups is 1. The van der Waals surface area contributed by atoms with E-state index in [9.17, 15) is 9.59 Å². The minimum atomic E-state index is -0.312. The Kier molecular flexibility index (Phi) is 4.54. The van der Waals surface area contributed by atoms with Crippen molar-refractivity contribution in [3.63, 3.8) is 0 Å². The van der Waals surface area contributed by atoms with Crippen LogP contribution in [0.1, 0.15) is 11.7 Å². The summed E-state index contributed by atoms with van der Waals surface area (Å²) in [5.41, 5.74) is 1.83. The van der Waals surface area contributed by atoms with Gasteiger partial charge in [-0.05, 0) is 25.1 Å². The van der Waals surface area contributed by atoms with Gasteiger partial charge in [-0.15, -0.1) is 0 Å². The van der Waals surface area contributed by atoms with Gasteiger partial charge in [-0.3, -0.25) is 14.2 Å². The van der Waals surface area contributed by atoms with Crippen LogP contribution >= 0.6 is 0 Å². The molecule has 3 aromatic heterocycles. The topological polar surface area (TPSA) is 126 Å². The van der Waals surface area contributed by atoms with Crippen LogP contribution in [0.5, 0.6) is 11.5 Å². The first-order valence-electron chi connectivity index (χ1n) is 10.5. The zero-order chi connectivity index (χ0) is 23.2. The van der Waals surface area contributed by atoms with Crippen molar-refractivity contribution < 1.29 is 18.8 Å². The number of benzene rings is 2. The number of nitrogens with one attached hydrogen (secondary N) is 1. The molecule has 0 saturated heterocycles. The Morgan fingerprint density at radius 1 is 1.15 bits per heavy atom. The Morgan fingerprint density at radius 2 is 2.00 bits per heavy atom. The number of ether oxygens (including phenoxy) is 2. The van der Waals surface area contributed by atoms with Crippen molar-refractivity contribution in [1.29, 1.82) is 0 Å². The number of amides is 1. The summed E-state index contributed by atoms with van der Waals surface area (Å²) in [5, 5.41) is 7.40. The highest BCUT2D eigenvalue weighted by molar-refractivity contribution is 6.06. The summed E-state index contributed by atoms with van der Waals surface area (Å²) in [6, 6.07) is 12.6. The molecule has 1 aliphatic rings. The predicted octanol–water partition coefficient (Wildman–Crippen LogP) is 2.46. The van der Waals surface area contributed by atoms with Crippen molar-refractivity contribution in [3.05, 3.63) is 70.9 Å². The number of para-hydroxylation sites is 1. The maximum atomic E-state index is 13.4. The highest BCUT2D eigenvalue weighted by atomic mass is 16.7. The van der Waals surface area contributed by atoms with Gasteiger partial charge >= 0.3 is 0 Å². The van der Waals surface area contributed by atoms with E-state index in [0.717, 1.165) is 10.9 Å². The van der Waals surface area contributed by atoms with Crippen molar-refractivity contribution >= 4 is 33.5 Å². The van der Waals surface area contributed by atoms with E-state index in [4.69, 9.17) is 14.0 Å². The third kappa shape index (κ3) is 3.34. The van der Waals surface area contributed by atoms with Crippen LogP contribution in [0.2, 0.25) is 0 Å². The smallest absolute Gasteiger partial charge is 0.278 e. The molecule has 0 radical (unpaired) electrons. The second kappa shape index (κ2) is 7.73. The number of carbonyl (C=O) groups excluding carboxylic acids is 1. The predicted molar refractivity (Wildman–Crippen MR) is 121 cm³/mol. The van der Waals surface area contributed by atoms with Gasteiger partial charge in [0.15, 0.2) is 17.3 Å². The summed E-state index contributed by atoms with van der Waals surface area (Å²) in [4.78, 5) is 35.1. The van der Waals surface area contributed by atoms with Gasteiger partial charge in [0.2, 0.25) is 18.6 Å². The third-order valence-electron chi connectivity index (χ3n) is 5.57. The lowest BCUT2D eigenvalue weighted by Crippen LogP contribution is -2.25. The van der Waals surface area contributed by atoms with Crippen LogP contribution in [-0.2, 0) is 17.9 Å². The molecule has 1 N–H and O–H groups in total. The summed E-state index contributed by atoms with van der Waals surface area (Å²) in [5.74, 6) is 1.67. The number of rotatable bonds is 5. The molecule has 0 unspecified atom stereocenters. The van der Waals surface area contributed by atoms with Crippen molar-refractivity contribution in [1.82, 2.24) is 24.3 Å². The molecule has 4 heterocycles. The summed E-state index contributed by atoms with van der Waals surface area (Å²) in [6.45, 7) is 1.84. The zero-order valence-corrected chi connectivity index (χ0v) is 18.0. The molecule has 0 spiro atoms. The second-order valence-electron chi connectivity index (χ2n) is 7.83. The lowest BCUT2D eigenvalue weighted by Gasteiger charge is -2.10. The first-order chi connectivity index (χ1) is 16.6. The van der Waals surface area contributed by atoms with E-state index < -0.39 is 0 Å². The molecule has 0 saturated carbocycles. The average molecular weight is 458 g/mol. The van der Waals surface area contributed by atoms with E-state index in [2.05, 4.69) is 20.4 Å². The van der Waals surface area contributed by atoms with Crippen LogP contribution in [0.25, 0.3) is 21.9 Å². The maximum absolute atomic E-state index is 13.4. The van der Waals surface area contributed by atoms with Crippen LogP contribution in [0.4, 0.5) is 5.69 Å². The zero-order valence-electron chi connectivity index (χ0n) is 18.0. The molecule has 0 aliphatic carbocycles. The fourth-order valence-corrected chi connectivity index (χ4v) is 4.09. The molecule has 6 rings (SSSR count). The summed E-state index contributed by atoms with van der Waals surface area (Å²) in [6.07, 6.45) is 1.45. The second-order valence-corrected chi connectivity index (χ2v) is 7.83. The van der Waals surface area contributed by atoms with E-state index in [0.29, 0.717) is 39.9 Å². The number of aryl methyl sites for hydroxylation is 1. The Morgan fingerprint density at radius 3 is 2.85 bits per heavy atom. The summed E-state index contributed by atoms with van der Waals surface area (Å²) >= 11 is 0. The molecule has 11 heteroatoms. The molecule has 0 fully saturated rings. The van der Waals surface area contributed by atoms with Crippen molar-refractivity contribution in [2.75, 3.05) is 12.1 Å². The fourth-order valence-electron chi connectivity index (χ4n) is 4.09. The Bertz CT molecular complexity index is 1630.